The van der Waals surface area contributed by atoms with Crippen LogP contribution in [-0.2, 0) is 19.1 Å². The van der Waals surface area contributed by atoms with E-state index in [0.29, 0.717) is 17.8 Å². The topological polar surface area (TPSA) is 139 Å². The molecule has 0 aromatic heterocycles. The average molecular weight is 402 g/mol. The minimum absolute atomic E-state index is 0.0775. The van der Waals surface area contributed by atoms with Gasteiger partial charge >= 0.3 is 5.97 Å². The molecule has 1 aliphatic carbocycles. The molecule has 9 nitrogen and oxygen atoms in total. The van der Waals surface area contributed by atoms with Crippen molar-refractivity contribution in [1.82, 2.24) is 5.32 Å². The molecule has 1 aromatic rings. The number of Topliss-reactive ketones (excluding diaryl/α,β-unsaturated/α-hetero) is 2. The maximum absolute atomic E-state index is 13.0. The van der Waals surface area contributed by atoms with Crippen molar-refractivity contribution in [3.05, 3.63) is 29.3 Å². The summed E-state index contributed by atoms with van der Waals surface area (Å²) in [5.74, 6) is -3.75. The third-order valence-electron chi connectivity index (χ3n) is 5.14. The van der Waals surface area contributed by atoms with Crippen LogP contribution in [0.5, 0.6) is 0 Å². The molecule has 2 amide bonds. The lowest BCUT2D eigenvalue weighted by Gasteiger charge is -2.31. The lowest BCUT2D eigenvalue weighted by Crippen LogP contribution is -2.47. The van der Waals surface area contributed by atoms with Gasteiger partial charge in [-0.2, -0.15) is 0 Å². The van der Waals surface area contributed by atoms with Crippen molar-refractivity contribution in [2.75, 3.05) is 25.1 Å². The molecule has 1 heterocycles. The van der Waals surface area contributed by atoms with Crippen LogP contribution >= 0.6 is 0 Å². The standard InChI is InChI=1S/C20H22N2O7/c23-15-10-13(11-4-5-16(24)22-20(11)28)19(27)12-2-1-3-14(18(12)15)21-7-9-29-8-6-17(25)26/h1-3,11,13,21H,4-10H2,(H,25,26)(H,22,24,28). The maximum atomic E-state index is 13.0. The van der Waals surface area contributed by atoms with Crippen LogP contribution in [0.3, 0.4) is 0 Å². The molecule has 2 aliphatic rings. The minimum atomic E-state index is -0.940. The number of hydrogen-bond donors (Lipinski definition) is 3. The molecule has 0 radical (unpaired) electrons. The van der Waals surface area contributed by atoms with Crippen molar-refractivity contribution < 1.29 is 33.8 Å². The predicted molar refractivity (Wildman–Crippen MR) is 101 cm³/mol. The highest BCUT2D eigenvalue weighted by molar-refractivity contribution is 6.18. The number of rotatable bonds is 8. The molecule has 0 bridgehead atoms. The Morgan fingerprint density at radius 2 is 1.97 bits per heavy atom. The van der Waals surface area contributed by atoms with Gasteiger partial charge in [0.05, 0.1) is 25.2 Å². The number of hydrogen-bond acceptors (Lipinski definition) is 7. The first-order chi connectivity index (χ1) is 13.9. The average Bonchev–Trinajstić information content (AvgIpc) is 2.67. The van der Waals surface area contributed by atoms with Gasteiger partial charge in [0.1, 0.15) is 0 Å². The molecule has 1 aromatic carbocycles. The fourth-order valence-corrected chi connectivity index (χ4v) is 3.74. The van der Waals surface area contributed by atoms with E-state index >= 15 is 0 Å². The summed E-state index contributed by atoms with van der Waals surface area (Å²) in [4.78, 5) is 59.7. The number of carbonyl (C=O) groups is 5. The Kier molecular flexibility index (Phi) is 6.38. The van der Waals surface area contributed by atoms with Gasteiger partial charge in [0.25, 0.3) is 0 Å². The quantitative estimate of drug-likeness (QED) is 0.433. The van der Waals surface area contributed by atoms with Crippen LogP contribution in [0.25, 0.3) is 0 Å². The first-order valence-electron chi connectivity index (χ1n) is 9.46. The van der Waals surface area contributed by atoms with Gasteiger partial charge in [-0.3, -0.25) is 29.3 Å². The van der Waals surface area contributed by atoms with E-state index in [2.05, 4.69) is 10.6 Å². The molecule has 1 aliphatic heterocycles. The number of carbonyl (C=O) groups excluding carboxylic acids is 4. The molecule has 1 saturated heterocycles. The smallest absolute Gasteiger partial charge is 0.305 e. The van der Waals surface area contributed by atoms with Gasteiger partial charge in [0.2, 0.25) is 11.8 Å². The molecule has 2 atom stereocenters. The summed E-state index contributed by atoms with van der Waals surface area (Å²) in [5.41, 5.74) is 1.07. The zero-order valence-corrected chi connectivity index (χ0v) is 15.7. The number of amides is 2. The van der Waals surface area contributed by atoms with E-state index in [-0.39, 0.29) is 61.9 Å². The molecule has 154 valence electrons. The molecule has 1 fully saturated rings. The maximum Gasteiger partial charge on any atom is 0.305 e. The number of piperidine rings is 1. The fourth-order valence-electron chi connectivity index (χ4n) is 3.74. The van der Waals surface area contributed by atoms with Crippen LogP contribution in [0.15, 0.2) is 18.2 Å². The first kappa shape index (κ1) is 20.7. The molecule has 2 unspecified atom stereocenters. The summed E-state index contributed by atoms with van der Waals surface area (Å²) in [5, 5.41) is 13.9. The SMILES string of the molecule is O=C(O)CCOCCNc1cccc2c1C(=O)CC(C1CCC(=O)NC1=O)C2=O. The highest BCUT2D eigenvalue weighted by Gasteiger charge is 2.43. The van der Waals surface area contributed by atoms with Crippen LogP contribution in [-0.4, -0.2) is 54.2 Å². The number of fused-ring (bicyclic) bond motifs is 1. The summed E-state index contributed by atoms with van der Waals surface area (Å²) >= 11 is 0. The number of ketones is 2. The third-order valence-corrected chi connectivity index (χ3v) is 5.14. The molecule has 0 saturated carbocycles. The Morgan fingerprint density at radius 1 is 1.17 bits per heavy atom. The highest BCUT2D eigenvalue weighted by Crippen LogP contribution is 2.36. The summed E-state index contributed by atoms with van der Waals surface area (Å²) in [6.07, 6.45) is 0.251. The molecular weight excluding hydrogens is 380 g/mol. The van der Waals surface area contributed by atoms with Crippen LogP contribution in [0.1, 0.15) is 46.4 Å². The van der Waals surface area contributed by atoms with Crippen molar-refractivity contribution >= 4 is 35.0 Å². The Labute approximate surface area is 166 Å². The molecule has 29 heavy (non-hydrogen) atoms. The molecule has 3 rings (SSSR count). The van der Waals surface area contributed by atoms with Crippen LogP contribution in [0.2, 0.25) is 0 Å². The van der Waals surface area contributed by atoms with Gasteiger partial charge in [0, 0.05) is 42.5 Å². The second-order valence-corrected chi connectivity index (χ2v) is 7.07. The van der Waals surface area contributed by atoms with Crippen LogP contribution in [0, 0.1) is 11.8 Å². The van der Waals surface area contributed by atoms with E-state index in [0.717, 1.165) is 0 Å². The van der Waals surface area contributed by atoms with Gasteiger partial charge < -0.3 is 15.2 Å². The van der Waals surface area contributed by atoms with Gasteiger partial charge in [0.15, 0.2) is 11.6 Å². The number of carboxylic acids is 1. The van der Waals surface area contributed by atoms with E-state index in [1.165, 1.54) is 0 Å². The van der Waals surface area contributed by atoms with Crippen LogP contribution in [0.4, 0.5) is 5.69 Å². The first-order valence-corrected chi connectivity index (χ1v) is 9.46. The van der Waals surface area contributed by atoms with Crippen LogP contribution < -0.4 is 10.6 Å². The second kappa shape index (κ2) is 8.95. The fraction of sp³-hybridized carbons (Fsp3) is 0.450. The van der Waals surface area contributed by atoms with Crippen molar-refractivity contribution in [2.24, 2.45) is 11.8 Å². The Hall–Kier alpha value is -3.07. The van der Waals surface area contributed by atoms with Crippen molar-refractivity contribution in [2.45, 2.75) is 25.7 Å². The van der Waals surface area contributed by atoms with Crippen molar-refractivity contribution in [1.29, 1.82) is 0 Å². The number of anilines is 1. The number of ether oxygens (including phenoxy) is 1. The number of carboxylic acid groups (broad SMARTS) is 1. The predicted octanol–water partition coefficient (Wildman–Crippen LogP) is 1.03. The molecular formula is C20H22N2O7. The van der Waals surface area contributed by atoms with Gasteiger partial charge in [-0.1, -0.05) is 12.1 Å². The Bertz CT molecular complexity index is 864. The van der Waals surface area contributed by atoms with Crippen molar-refractivity contribution in [3.8, 4) is 0 Å². The summed E-state index contributed by atoms with van der Waals surface area (Å²) in [6, 6.07) is 4.92. The second-order valence-electron chi connectivity index (χ2n) is 7.07. The summed E-state index contributed by atoms with van der Waals surface area (Å²) in [7, 11) is 0. The molecule has 3 N–H and O–H groups in total. The normalized spacial score (nSPS) is 21.5. The summed E-state index contributed by atoms with van der Waals surface area (Å²) < 4.78 is 5.21. The lowest BCUT2D eigenvalue weighted by molar-refractivity contribution is -0.139. The largest absolute Gasteiger partial charge is 0.481 e. The summed E-state index contributed by atoms with van der Waals surface area (Å²) in [6.45, 7) is 0.682. The number of nitrogens with one attached hydrogen (secondary N) is 2. The van der Waals surface area contributed by atoms with Gasteiger partial charge in [-0.25, -0.2) is 0 Å². The number of benzene rings is 1. The van der Waals surface area contributed by atoms with E-state index in [1.807, 2.05) is 0 Å². The van der Waals surface area contributed by atoms with E-state index < -0.39 is 23.7 Å². The highest BCUT2D eigenvalue weighted by atomic mass is 16.5. The van der Waals surface area contributed by atoms with E-state index in [4.69, 9.17) is 9.84 Å². The molecule has 0 spiro atoms. The zero-order valence-electron chi connectivity index (χ0n) is 15.7. The lowest BCUT2D eigenvalue weighted by atomic mass is 9.72. The Balaban J connectivity index is 1.69. The van der Waals surface area contributed by atoms with Gasteiger partial charge in [-0.15, -0.1) is 0 Å². The van der Waals surface area contributed by atoms with Gasteiger partial charge in [-0.05, 0) is 12.5 Å². The minimum Gasteiger partial charge on any atom is -0.481 e. The Morgan fingerprint density at radius 3 is 2.69 bits per heavy atom. The zero-order chi connectivity index (χ0) is 21.0. The monoisotopic (exact) mass is 402 g/mol. The molecule has 9 heteroatoms. The van der Waals surface area contributed by atoms with Crippen molar-refractivity contribution in [3.63, 3.8) is 0 Å². The van der Waals surface area contributed by atoms with E-state index in [9.17, 15) is 24.0 Å². The van der Waals surface area contributed by atoms with E-state index in [1.54, 1.807) is 18.2 Å². The number of aliphatic carboxylic acids is 1. The number of imide groups is 1. The third kappa shape index (κ3) is 4.68.